The first-order valence-electron chi connectivity index (χ1n) is 6.23. The van der Waals surface area contributed by atoms with Gasteiger partial charge in [0.1, 0.15) is 11.6 Å². The van der Waals surface area contributed by atoms with Gasteiger partial charge < -0.3 is 5.32 Å². The highest BCUT2D eigenvalue weighted by Crippen LogP contribution is 2.38. The van der Waals surface area contributed by atoms with Gasteiger partial charge in [-0.2, -0.15) is 5.10 Å². The van der Waals surface area contributed by atoms with Crippen molar-refractivity contribution in [2.45, 2.75) is 18.8 Å². The summed E-state index contributed by atoms with van der Waals surface area (Å²) in [5.74, 6) is -1.66. The lowest BCUT2D eigenvalue weighted by atomic mass is 10.2. The van der Waals surface area contributed by atoms with Crippen molar-refractivity contribution < 1.29 is 13.6 Å². The number of rotatable bonds is 3. The normalized spacial score (nSPS) is 14.1. The van der Waals surface area contributed by atoms with E-state index < -0.39 is 17.5 Å². The summed E-state index contributed by atoms with van der Waals surface area (Å²) in [6.07, 6.45) is 2.20. The van der Waals surface area contributed by atoms with E-state index in [9.17, 15) is 13.6 Å². The predicted octanol–water partition coefficient (Wildman–Crippen LogP) is 2.88. The van der Waals surface area contributed by atoms with Gasteiger partial charge in [-0.1, -0.05) is 0 Å². The van der Waals surface area contributed by atoms with Crippen LogP contribution in [-0.4, -0.2) is 16.1 Å². The zero-order valence-electron chi connectivity index (χ0n) is 10.4. The van der Waals surface area contributed by atoms with Gasteiger partial charge in [0.05, 0.1) is 11.4 Å². The van der Waals surface area contributed by atoms with Gasteiger partial charge in [-0.3, -0.25) is 4.79 Å². The Kier molecular flexibility index (Phi) is 3.14. The molecule has 1 aromatic heterocycles. The van der Waals surface area contributed by atoms with E-state index in [1.807, 2.05) is 0 Å². The molecule has 1 aliphatic rings. The van der Waals surface area contributed by atoms with E-state index in [1.165, 1.54) is 0 Å². The van der Waals surface area contributed by atoms with Crippen molar-refractivity contribution in [2.24, 2.45) is 0 Å². The molecule has 1 fully saturated rings. The van der Waals surface area contributed by atoms with Gasteiger partial charge in [-0.15, -0.1) is 5.10 Å². The maximum atomic E-state index is 13.4. The Morgan fingerprint density at radius 1 is 1.15 bits per heavy atom. The maximum absolute atomic E-state index is 13.4. The number of carbonyl (C=O) groups excluding carboxylic acids is 1. The summed E-state index contributed by atoms with van der Waals surface area (Å²) in [7, 11) is 0. The number of aromatic nitrogens is 2. The lowest BCUT2D eigenvalue weighted by molar-refractivity contribution is 0.102. The molecule has 1 saturated carbocycles. The molecule has 20 heavy (non-hydrogen) atoms. The number of amides is 1. The van der Waals surface area contributed by atoms with Gasteiger partial charge in [0.2, 0.25) is 0 Å². The summed E-state index contributed by atoms with van der Waals surface area (Å²) in [5, 5.41) is 10.1. The minimum atomic E-state index is -0.832. The molecule has 0 saturated heterocycles. The van der Waals surface area contributed by atoms with Crippen molar-refractivity contribution >= 4 is 11.6 Å². The van der Waals surface area contributed by atoms with Crippen molar-refractivity contribution in [1.82, 2.24) is 10.2 Å². The summed E-state index contributed by atoms with van der Waals surface area (Å²) < 4.78 is 26.2. The average Bonchev–Trinajstić information content (AvgIpc) is 3.26. The zero-order chi connectivity index (χ0) is 14.1. The highest BCUT2D eigenvalue weighted by Gasteiger charge is 2.25. The van der Waals surface area contributed by atoms with E-state index in [-0.39, 0.29) is 11.4 Å². The van der Waals surface area contributed by atoms with Crippen molar-refractivity contribution in [3.05, 3.63) is 53.4 Å². The maximum Gasteiger partial charge on any atom is 0.276 e. The molecular weight excluding hydrogens is 264 g/mol. The van der Waals surface area contributed by atoms with Crippen molar-refractivity contribution in [3.8, 4) is 0 Å². The second kappa shape index (κ2) is 4.96. The van der Waals surface area contributed by atoms with Gasteiger partial charge in [0, 0.05) is 12.0 Å². The molecule has 1 aromatic carbocycles. The zero-order valence-corrected chi connectivity index (χ0v) is 10.4. The number of benzene rings is 1. The van der Waals surface area contributed by atoms with Crippen LogP contribution in [-0.2, 0) is 0 Å². The molecule has 3 rings (SSSR count). The molecular formula is C14H11F2N3O. The summed E-state index contributed by atoms with van der Waals surface area (Å²) >= 11 is 0. The third kappa shape index (κ3) is 2.64. The van der Waals surface area contributed by atoms with Gasteiger partial charge in [0.15, 0.2) is 5.69 Å². The van der Waals surface area contributed by atoms with E-state index in [0.717, 1.165) is 30.7 Å². The van der Waals surface area contributed by atoms with Crippen molar-refractivity contribution in [1.29, 1.82) is 0 Å². The lowest BCUT2D eigenvalue weighted by Gasteiger charge is -2.05. The highest BCUT2D eigenvalue weighted by atomic mass is 19.1. The summed E-state index contributed by atoms with van der Waals surface area (Å²) in [6, 6.07) is 6.24. The number of nitrogens with one attached hydrogen (secondary N) is 1. The lowest BCUT2D eigenvalue weighted by Crippen LogP contribution is -2.15. The fourth-order valence-electron chi connectivity index (χ4n) is 1.84. The Labute approximate surface area is 113 Å². The number of carbonyl (C=O) groups is 1. The molecule has 0 bridgehead atoms. The van der Waals surface area contributed by atoms with Crippen LogP contribution in [0.25, 0.3) is 0 Å². The van der Waals surface area contributed by atoms with Crippen LogP contribution in [0.1, 0.15) is 34.9 Å². The molecule has 4 nitrogen and oxygen atoms in total. The molecule has 1 amide bonds. The summed E-state index contributed by atoms with van der Waals surface area (Å²) in [6.45, 7) is 0. The highest BCUT2D eigenvalue weighted by molar-refractivity contribution is 6.02. The number of halogens is 2. The van der Waals surface area contributed by atoms with Crippen LogP contribution in [0.5, 0.6) is 0 Å². The Morgan fingerprint density at radius 3 is 2.55 bits per heavy atom. The Bertz CT molecular complexity index is 654. The average molecular weight is 275 g/mol. The first kappa shape index (κ1) is 12.7. The van der Waals surface area contributed by atoms with Gasteiger partial charge in [0.25, 0.3) is 5.91 Å². The number of nitrogens with zero attached hydrogens (tertiary/aromatic N) is 2. The van der Waals surface area contributed by atoms with Crippen molar-refractivity contribution in [3.63, 3.8) is 0 Å². The molecule has 0 radical (unpaired) electrons. The second-order valence-electron chi connectivity index (χ2n) is 4.70. The van der Waals surface area contributed by atoms with E-state index in [1.54, 1.807) is 12.1 Å². The molecule has 1 heterocycles. The Morgan fingerprint density at radius 2 is 1.95 bits per heavy atom. The van der Waals surface area contributed by atoms with Crippen LogP contribution in [0.4, 0.5) is 14.5 Å². The minimum absolute atomic E-state index is 0.0931. The largest absolute Gasteiger partial charge is 0.318 e. The Hall–Kier alpha value is -2.37. The molecule has 0 atom stereocenters. The number of hydrogen-bond donors (Lipinski definition) is 1. The number of anilines is 1. The second-order valence-corrected chi connectivity index (χ2v) is 4.70. The number of hydrogen-bond acceptors (Lipinski definition) is 3. The van der Waals surface area contributed by atoms with Crippen LogP contribution in [0.2, 0.25) is 0 Å². The molecule has 102 valence electrons. The van der Waals surface area contributed by atoms with Crippen LogP contribution in [0, 0.1) is 11.6 Å². The first-order valence-corrected chi connectivity index (χ1v) is 6.23. The molecule has 0 spiro atoms. The summed E-state index contributed by atoms with van der Waals surface area (Å²) in [4.78, 5) is 11.9. The predicted molar refractivity (Wildman–Crippen MR) is 68.3 cm³/mol. The smallest absolute Gasteiger partial charge is 0.276 e. The molecule has 1 aliphatic carbocycles. The third-order valence-electron chi connectivity index (χ3n) is 3.09. The van der Waals surface area contributed by atoms with Crippen LogP contribution in [0.3, 0.4) is 0 Å². The quantitative estimate of drug-likeness (QED) is 0.937. The van der Waals surface area contributed by atoms with Crippen molar-refractivity contribution in [2.75, 3.05) is 5.32 Å². The molecule has 6 heteroatoms. The van der Waals surface area contributed by atoms with E-state index in [2.05, 4.69) is 15.5 Å². The van der Waals surface area contributed by atoms with Crippen LogP contribution in [0.15, 0.2) is 30.3 Å². The van der Waals surface area contributed by atoms with Crippen LogP contribution >= 0.6 is 0 Å². The standard InChI is InChI=1S/C14H11F2N3O/c15-9-3-4-12(10(16)7-9)17-14(20)13-6-5-11(18-19-13)8-1-2-8/h3-8H,1-2H2,(H,17,20). The van der Waals surface area contributed by atoms with E-state index in [0.29, 0.717) is 12.0 Å². The van der Waals surface area contributed by atoms with Gasteiger partial charge in [-0.05, 0) is 37.1 Å². The Balaban J connectivity index is 1.74. The topological polar surface area (TPSA) is 54.9 Å². The minimum Gasteiger partial charge on any atom is -0.318 e. The summed E-state index contributed by atoms with van der Waals surface area (Å²) in [5.41, 5.74) is 0.872. The van der Waals surface area contributed by atoms with Crippen LogP contribution < -0.4 is 5.32 Å². The fourth-order valence-corrected chi connectivity index (χ4v) is 1.84. The molecule has 2 aromatic rings. The van der Waals surface area contributed by atoms with E-state index in [4.69, 9.17) is 0 Å². The van der Waals surface area contributed by atoms with Gasteiger partial charge in [-0.25, -0.2) is 8.78 Å². The monoisotopic (exact) mass is 275 g/mol. The molecule has 1 N–H and O–H groups in total. The first-order chi connectivity index (χ1) is 9.63. The molecule has 0 unspecified atom stereocenters. The third-order valence-corrected chi connectivity index (χ3v) is 3.09. The van der Waals surface area contributed by atoms with Gasteiger partial charge >= 0.3 is 0 Å². The SMILES string of the molecule is O=C(Nc1ccc(F)cc1F)c1ccc(C2CC2)nn1. The van der Waals surface area contributed by atoms with E-state index >= 15 is 0 Å². The fraction of sp³-hybridized carbons (Fsp3) is 0.214. The molecule has 0 aliphatic heterocycles.